The molecule has 2 heterocycles. The van der Waals surface area contributed by atoms with Crippen molar-refractivity contribution >= 4 is 5.91 Å². The zero-order chi connectivity index (χ0) is 16.8. The van der Waals surface area contributed by atoms with Gasteiger partial charge in [0.05, 0.1) is 13.2 Å². The molecule has 1 saturated heterocycles. The van der Waals surface area contributed by atoms with Gasteiger partial charge in [-0.1, -0.05) is 24.3 Å². The highest BCUT2D eigenvalue weighted by Gasteiger charge is 2.11. The van der Waals surface area contributed by atoms with E-state index in [2.05, 4.69) is 32.5 Å². The highest BCUT2D eigenvalue weighted by molar-refractivity contribution is 5.91. The molecular weight excluding hydrogens is 308 g/mol. The lowest BCUT2D eigenvalue weighted by Gasteiger charge is -2.26. The fourth-order valence-corrected chi connectivity index (χ4v) is 2.52. The van der Waals surface area contributed by atoms with E-state index in [0.29, 0.717) is 6.54 Å². The average molecular weight is 328 g/mol. The molecule has 3 rings (SSSR count). The summed E-state index contributed by atoms with van der Waals surface area (Å²) < 4.78 is 5.35. The van der Waals surface area contributed by atoms with Crippen molar-refractivity contribution in [2.45, 2.75) is 13.1 Å². The summed E-state index contributed by atoms with van der Waals surface area (Å²) in [5.41, 5.74) is 2.12. The number of amides is 1. The Morgan fingerprint density at radius 3 is 2.50 bits per heavy atom. The fraction of sp³-hybridized carbons (Fsp3) is 0.353. The van der Waals surface area contributed by atoms with Gasteiger partial charge in [-0.15, -0.1) is 0 Å². The Kier molecular flexibility index (Phi) is 5.35. The molecule has 0 aliphatic carbocycles. The lowest BCUT2D eigenvalue weighted by molar-refractivity contribution is 0.0342. The summed E-state index contributed by atoms with van der Waals surface area (Å²) in [5.74, 6) is -0.316. The molecule has 0 saturated carbocycles. The lowest BCUT2D eigenvalue weighted by Crippen LogP contribution is -2.35. The number of carbonyl (C=O) groups is 1. The van der Waals surface area contributed by atoms with Gasteiger partial charge < -0.3 is 10.1 Å². The molecule has 2 N–H and O–H groups in total. The van der Waals surface area contributed by atoms with Crippen molar-refractivity contribution in [1.29, 1.82) is 0 Å². The molecule has 24 heavy (non-hydrogen) atoms. The molecule has 2 aromatic rings. The van der Waals surface area contributed by atoms with Crippen LogP contribution < -0.4 is 10.9 Å². The second kappa shape index (κ2) is 7.85. The number of carbonyl (C=O) groups excluding carboxylic acids is 1. The van der Waals surface area contributed by atoms with Crippen LogP contribution in [0, 0.1) is 0 Å². The minimum absolute atomic E-state index is 0.193. The predicted molar refractivity (Wildman–Crippen MR) is 88.6 cm³/mol. The monoisotopic (exact) mass is 328 g/mol. The Labute approximate surface area is 139 Å². The van der Waals surface area contributed by atoms with Crippen LogP contribution in [0.1, 0.15) is 21.6 Å². The van der Waals surface area contributed by atoms with Gasteiger partial charge in [-0.25, -0.2) is 5.10 Å². The molecule has 0 bridgehead atoms. The molecule has 7 heteroatoms. The number of hydrogen-bond acceptors (Lipinski definition) is 5. The number of rotatable bonds is 5. The van der Waals surface area contributed by atoms with Crippen molar-refractivity contribution in [3.63, 3.8) is 0 Å². The number of nitrogens with one attached hydrogen (secondary N) is 2. The van der Waals surface area contributed by atoms with Crippen molar-refractivity contribution in [2.75, 3.05) is 26.3 Å². The number of morpholine rings is 1. The van der Waals surface area contributed by atoms with Crippen LogP contribution in [0.5, 0.6) is 0 Å². The topological polar surface area (TPSA) is 87.3 Å². The Hall–Kier alpha value is -2.51. The molecule has 0 radical (unpaired) electrons. The van der Waals surface area contributed by atoms with Gasteiger partial charge in [0.1, 0.15) is 5.69 Å². The van der Waals surface area contributed by atoms with Gasteiger partial charge in [0.25, 0.3) is 11.5 Å². The highest BCUT2D eigenvalue weighted by Crippen LogP contribution is 2.09. The van der Waals surface area contributed by atoms with E-state index in [0.717, 1.165) is 38.4 Å². The van der Waals surface area contributed by atoms with E-state index < -0.39 is 0 Å². The molecular formula is C17H20N4O3. The first-order valence-corrected chi connectivity index (χ1v) is 7.92. The Balaban J connectivity index is 1.51. The standard InChI is InChI=1S/C17H20N4O3/c22-16-6-5-15(19-20-16)17(23)18-11-13-1-3-14(4-2-13)12-21-7-9-24-10-8-21/h1-6H,7-12H2,(H,18,23)(H,20,22). The first-order valence-electron chi connectivity index (χ1n) is 7.92. The minimum Gasteiger partial charge on any atom is -0.379 e. The highest BCUT2D eigenvalue weighted by atomic mass is 16.5. The van der Waals surface area contributed by atoms with Crippen molar-refractivity contribution in [3.8, 4) is 0 Å². The number of aromatic nitrogens is 2. The molecule has 1 aromatic carbocycles. The SMILES string of the molecule is O=C(NCc1ccc(CN2CCOCC2)cc1)c1ccc(=O)[nH]n1. The maximum absolute atomic E-state index is 11.9. The van der Waals surface area contributed by atoms with Gasteiger partial charge in [0.2, 0.25) is 0 Å². The van der Waals surface area contributed by atoms with Crippen LogP contribution in [0.15, 0.2) is 41.2 Å². The van der Waals surface area contributed by atoms with Crippen LogP contribution in [0.4, 0.5) is 0 Å². The maximum Gasteiger partial charge on any atom is 0.271 e. The molecule has 0 atom stereocenters. The number of H-pyrrole nitrogens is 1. The van der Waals surface area contributed by atoms with E-state index in [1.54, 1.807) is 0 Å². The quantitative estimate of drug-likeness (QED) is 0.836. The third kappa shape index (κ3) is 4.50. The third-order valence-electron chi connectivity index (χ3n) is 3.90. The number of nitrogens with zero attached hydrogens (tertiary/aromatic N) is 2. The second-order valence-electron chi connectivity index (χ2n) is 5.69. The summed E-state index contributed by atoms with van der Waals surface area (Å²) >= 11 is 0. The van der Waals surface area contributed by atoms with E-state index in [1.807, 2.05) is 12.1 Å². The normalized spacial score (nSPS) is 15.2. The van der Waals surface area contributed by atoms with Gasteiger partial charge in [-0.05, 0) is 17.2 Å². The van der Waals surface area contributed by atoms with Crippen LogP contribution in [0.3, 0.4) is 0 Å². The van der Waals surface area contributed by atoms with E-state index in [4.69, 9.17) is 4.74 Å². The largest absolute Gasteiger partial charge is 0.379 e. The minimum atomic E-state index is -0.331. The van der Waals surface area contributed by atoms with Crippen molar-refractivity contribution in [2.24, 2.45) is 0 Å². The third-order valence-corrected chi connectivity index (χ3v) is 3.90. The van der Waals surface area contributed by atoms with Crippen LogP contribution >= 0.6 is 0 Å². The van der Waals surface area contributed by atoms with Crippen LogP contribution in [0.25, 0.3) is 0 Å². The van der Waals surface area contributed by atoms with Gasteiger partial charge >= 0.3 is 0 Å². The smallest absolute Gasteiger partial charge is 0.271 e. The summed E-state index contributed by atoms with van der Waals surface area (Å²) in [5, 5.41) is 8.73. The van der Waals surface area contributed by atoms with Crippen molar-refractivity contribution < 1.29 is 9.53 Å². The summed E-state index contributed by atoms with van der Waals surface area (Å²) in [7, 11) is 0. The fourth-order valence-electron chi connectivity index (χ4n) is 2.52. The van der Waals surface area contributed by atoms with E-state index in [9.17, 15) is 9.59 Å². The van der Waals surface area contributed by atoms with E-state index in [1.165, 1.54) is 17.7 Å². The van der Waals surface area contributed by atoms with Gasteiger partial charge in [0.15, 0.2) is 0 Å². The zero-order valence-electron chi connectivity index (χ0n) is 13.3. The van der Waals surface area contributed by atoms with Crippen LogP contribution in [-0.4, -0.2) is 47.3 Å². The first kappa shape index (κ1) is 16.4. The molecule has 1 aliphatic heterocycles. The molecule has 1 aromatic heterocycles. The van der Waals surface area contributed by atoms with Gasteiger partial charge in [0, 0.05) is 32.2 Å². The molecule has 126 valence electrons. The van der Waals surface area contributed by atoms with E-state index >= 15 is 0 Å². The van der Waals surface area contributed by atoms with E-state index in [-0.39, 0.29) is 17.2 Å². The average Bonchev–Trinajstić information content (AvgIpc) is 2.62. The maximum atomic E-state index is 11.9. The Morgan fingerprint density at radius 2 is 1.83 bits per heavy atom. The first-order chi connectivity index (χ1) is 11.7. The Bertz CT molecular complexity index is 716. The van der Waals surface area contributed by atoms with Crippen molar-refractivity contribution in [1.82, 2.24) is 20.4 Å². The Morgan fingerprint density at radius 1 is 1.12 bits per heavy atom. The van der Waals surface area contributed by atoms with Gasteiger partial charge in [-0.3, -0.25) is 14.5 Å². The molecule has 1 aliphatic rings. The summed E-state index contributed by atoms with van der Waals surface area (Å²) in [4.78, 5) is 25.2. The lowest BCUT2D eigenvalue weighted by atomic mass is 10.1. The zero-order valence-corrected chi connectivity index (χ0v) is 13.3. The molecule has 0 spiro atoms. The molecule has 1 amide bonds. The van der Waals surface area contributed by atoms with Crippen LogP contribution in [0.2, 0.25) is 0 Å². The summed E-state index contributed by atoms with van der Waals surface area (Å²) in [6, 6.07) is 10.9. The molecule has 7 nitrogen and oxygen atoms in total. The predicted octanol–water partition coefficient (Wildman–Crippen LogP) is 0.532. The summed E-state index contributed by atoms with van der Waals surface area (Å²) in [6.45, 7) is 4.84. The molecule has 1 fully saturated rings. The molecule has 0 unspecified atom stereocenters. The van der Waals surface area contributed by atoms with Crippen molar-refractivity contribution in [3.05, 3.63) is 63.6 Å². The summed E-state index contributed by atoms with van der Waals surface area (Å²) in [6.07, 6.45) is 0. The number of aromatic amines is 1. The number of hydrogen-bond donors (Lipinski definition) is 2. The van der Waals surface area contributed by atoms with Crippen LogP contribution in [-0.2, 0) is 17.8 Å². The number of ether oxygens (including phenoxy) is 1. The second-order valence-corrected chi connectivity index (χ2v) is 5.69. The van der Waals surface area contributed by atoms with Gasteiger partial charge in [-0.2, -0.15) is 5.10 Å². The number of benzene rings is 1.